The first kappa shape index (κ1) is 16.4. The Morgan fingerprint density at radius 3 is 2.59 bits per heavy atom. The van der Waals surface area contributed by atoms with Crippen LogP contribution in [0.15, 0.2) is 29.3 Å². The van der Waals surface area contributed by atoms with Crippen LogP contribution >= 0.6 is 11.3 Å². The van der Waals surface area contributed by atoms with Gasteiger partial charge in [-0.05, 0) is 19.1 Å². The molecule has 0 bridgehead atoms. The normalized spacial score (nSPS) is 12.6. The predicted molar refractivity (Wildman–Crippen MR) is 86.5 cm³/mol. The summed E-state index contributed by atoms with van der Waals surface area (Å²) in [5.41, 5.74) is 0.318. The molecule has 0 aliphatic carbocycles. The fraction of sp³-hybridized carbons (Fsp3) is 0.438. The van der Waals surface area contributed by atoms with Crippen LogP contribution in [0, 0.1) is 5.41 Å². The zero-order chi connectivity index (χ0) is 16.3. The molecule has 0 saturated carbocycles. The third kappa shape index (κ3) is 3.62. The number of rotatable bonds is 3. The minimum Gasteiger partial charge on any atom is -0.465 e. The molecular formula is C16H20N2O3S. The molecule has 0 aliphatic heterocycles. The summed E-state index contributed by atoms with van der Waals surface area (Å²) in [7, 11) is 0. The van der Waals surface area contributed by atoms with Gasteiger partial charge in [-0.1, -0.05) is 44.2 Å². The lowest BCUT2D eigenvalue weighted by Crippen LogP contribution is -2.26. The van der Waals surface area contributed by atoms with Crippen LogP contribution in [-0.2, 0) is 20.9 Å². The Balaban J connectivity index is 2.55. The number of nitrogens with zero attached hydrogens (tertiary/aromatic N) is 2. The average Bonchev–Trinajstić information content (AvgIpc) is 2.76. The van der Waals surface area contributed by atoms with E-state index >= 15 is 0 Å². The van der Waals surface area contributed by atoms with Crippen LogP contribution in [0.2, 0.25) is 0 Å². The van der Waals surface area contributed by atoms with Crippen molar-refractivity contribution in [1.82, 2.24) is 4.57 Å². The molecule has 0 radical (unpaired) electrons. The standard InChI is InChI=1S/C16H20N2O3S/c1-5-21-13(19)10-18-11-8-6-7-9-12(11)22-15(18)17-14(20)16(2,3)4/h6-9H,5,10H2,1-4H3/b17-15-. The fourth-order valence-electron chi connectivity index (χ4n) is 1.85. The Kier molecular flexibility index (Phi) is 4.81. The molecule has 6 heteroatoms. The highest BCUT2D eigenvalue weighted by molar-refractivity contribution is 7.16. The van der Waals surface area contributed by atoms with Gasteiger partial charge in [0, 0.05) is 5.41 Å². The molecule has 0 N–H and O–H groups in total. The van der Waals surface area contributed by atoms with Gasteiger partial charge in [-0.15, -0.1) is 0 Å². The molecule has 0 atom stereocenters. The van der Waals surface area contributed by atoms with E-state index in [-0.39, 0.29) is 18.4 Å². The zero-order valence-electron chi connectivity index (χ0n) is 13.3. The van der Waals surface area contributed by atoms with Gasteiger partial charge in [-0.2, -0.15) is 4.99 Å². The summed E-state index contributed by atoms with van der Waals surface area (Å²) in [5.74, 6) is -0.549. The molecule has 1 amide bonds. The van der Waals surface area contributed by atoms with Crippen LogP contribution in [0.3, 0.4) is 0 Å². The minimum absolute atomic E-state index is 0.0497. The number of benzene rings is 1. The molecule has 1 aromatic heterocycles. The van der Waals surface area contributed by atoms with Crippen LogP contribution in [0.1, 0.15) is 27.7 Å². The first-order chi connectivity index (χ1) is 10.3. The number of hydrogen-bond donors (Lipinski definition) is 0. The largest absolute Gasteiger partial charge is 0.465 e. The number of amides is 1. The third-order valence-electron chi connectivity index (χ3n) is 3.02. The molecular weight excluding hydrogens is 300 g/mol. The van der Waals surface area contributed by atoms with E-state index in [9.17, 15) is 9.59 Å². The van der Waals surface area contributed by atoms with Gasteiger partial charge in [0.1, 0.15) is 6.54 Å². The molecule has 2 aromatic rings. The topological polar surface area (TPSA) is 60.7 Å². The van der Waals surface area contributed by atoms with Crippen molar-refractivity contribution >= 4 is 33.4 Å². The second kappa shape index (κ2) is 6.44. The molecule has 22 heavy (non-hydrogen) atoms. The van der Waals surface area contributed by atoms with Crippen molar-refractivity contribution < 1.29 is 14.3 Å². The lowest BCUT2D eigenvalue weighted by molar-refractivity contribution is -0.143. The predicted octanol–water partition coefficient (Wildman–Crippen LogP) is 2.74. The Bertz CT molecular complexity index is 766. The van der Waals surface area contributed by atoms with Crippen LogP contribution in [0.5, 0.6) is 0 Å². The summed E-state index contributed by atoms with van der Waals surface area (Å²) in [4.78, 5) is 28.7. The molecule has 0 saturated heterocycles. The van der Waals surface area contributed by atoms with Gasteiger partial charge in [0.15, 0.2) is 4.80 Å². The summed E-state index contributed by atoms with van der Waals surface area (Å²) in [6.45, 7) is 7.61. The number of carbonyl (C=O) groups is 2. The monoisotopic (exact) mass is 320 g/mol. The molecule has 0 fully saturated rings. The Labute approximate surface area is 133 Å². The number of carbonyl (C=O) groups excluding carboxylic acids is 2. The maximum atomic E-state index is 12.2. The second-order valence-electron chi connectivity index (χ2n) is 5.91. The summed E-state index contributed by atoms with van der Waals surface area (Å²) < 4.78 is 7.73. The first-order valence-corrected chi connectivity index (χ1v) is 7.97. The van der Waals surface area contributed by atoms with Gasteiger partial charge in [0.25, 0.3) is 5.91 Å². The van der Waals surface area contributed by atoms with E-state index in [1.165, 1.54) is 11.3 Å². The quantitative estimate of drug-likeness (QED) is 0.817. The highest BCUT2D eigenvalue weighted by Gasteiger charge is 2.21. The van der Waals surface area contributed by atoms with Crippen LogP contribution in [0.25, 0.3) is 10.2 Å². The molecule has 5 nitrogen and oxygen atoms in total. The van der Waals surface area contributed by atoms with E-state index in [2.05, 4.69) is 4.99 Å². The summed E-state index contributed by atoms with van der Waals surface area (Å²) in [6.07, 6.45) is 0. The average molecular weight is 320 g/mol. The molecule has 0 unspecified atom stereocenters. The number of ether oxygens (including phenoxy) is 1. The van der Waals surface area contributed by atoms with Crippen LogP contribution in [-0.4, -0.2) is 23.1 Å². The minimum atomic E-state index is -0.558. The van der Waals surface area contributed by atoms with E-state index in [1.54, 1.807) is 11.5 Å². The Morgan fingerprint density at radius 2 is 1.95 bits per heavy atom. The lowest BCUT2D eigenvalue weighted by Gasteiger charge is -2.11. The van der Waals surface area contributed by atoms with Crippen LogP contribution < -0.4 is 4.80 Å². The molecule has 1 heterocycles. The SMILES string of the molecule is CCOC(=O)Cn1/c(=N/C(=O)C(C)(C)C)sc2ccccc21. The number of thiazole rings is 1. The van der Waals surface area contributed by atoms with E-state index in [0.717, 1.165) is 10.2 Å². The molecule has 0 spiro atoms. The van der Waals surface area contributed by atoms with Gasteiger partial charge < -0.3 is 9.30 Å². The highest BCUT2D eigenvalue weighted by Crippen LogP contribution is 2.18. The van der Waals surface area contributed by atoms with Crippen molar-refractivity contribution in [3.63, 3.8) is 0 Å². The van der Waals surface area contributed by atoms with Crippen molar-refractivity contribution in [2.45, 2.75) is 34.2 Å². The number of aromatic nitrogens is 1. The third-order valence-corrected chi connectivity index (χ3v) is 4.08. The summed E-state index contributed by atoms with van der Waals surface area (Å²) >= 11 is 1.40. The summed E-state index contributed by atoms with van der Waals surface area (Å²) in [6, 6.07) is 7.67. The van der Waals surface area contributed by atoms with Gasteiger partial charge in [-0.25, -0.2) is 0 Å². The van der Waals surface area contributed by atoms with Gasteiger partial charge >= 0.3 is 5.97 Å². The second-order valence-corrected chi connectivity index (χ2v) is 6.92. The Morgan fingerprint density at radius 1 is 1.27 bits per heavy atom. The van der Waals surface area contributed by atoms with E-state index < -0.39 is 5.41 Å². The van der Waals surface area contributed by atoms with E-state index in [0.29, 0.717) is 11.4 Å². The van der Waals surface area contributed by atoms with E-state index in [4.69, 9.17) is 4.74 Å². The van der Waals surface area contributed by atoms with Gasteiger partial charge in [0.05, 0.1) is 16.8 Å². The van der Waals surface area contributed by atoms with Crippen molar-refractivity contribution in [2.75, 3.05) is 6.61 Å². The number of para-hydroxylation sites is 1. The molecule has 2 rings (SSSR count). The van der Waals surface area contributed by atoms with Gasteiger partial charge in [0.2, 0.25) is 0 Å². The van der Waals surface area contributed by atoms with Crippen molar-refractivity contribution in [3.05, 3.63) is 29.1 Å². The maximum Gasteiger partial charge on any atom is 0.326 e. The number of hydrogen-bond acceptors (Lipinski definition) is 4. The molecule has 0 aliphatic rings. The zero-order valence-corrected chi connectivity index (χ0v) is 14.1. The van der Waals surface area contributed by atoms with Gasteiger partial charge in [-0.3, -0.25) is 9.59 Å². The van der Waals surface area contributed by atoms with Crippen LogP contribution in [0.4, 0.5) is 0 Å². The lowest BCUT2D eigenvalue weighted by atomic mass is 9.96. The van der Waals surface area contributed by atoms with E-state index in [1.807, 2.05) is 45.0 Å². The Hall–Kier alpha value is -1.95. The molecule has 1 aromatic carbocycles. The fourth-order valence-corrected chi connectivity index (χ4v) is 2.88. The smallest absolute Gasteiger partial charge is 0.326 e. The first-order valence-electron chi connectivity index (χ1n) is 7.16. The highest BCUT2D eigenvalue weighted by atomic mass is 32.1. The summed E-state index contributed by atoms with van der Waals surface area (Å²) in [5, 5.41) is 0. The van der Waals surface area contributed by atoms with Crippen molar-refractivity contribution in [1.29, 1.82) is 0 Å². The maximum absolute atomic E-state index is 12.2. The number of fused-ring (bicyclic) bond motifs is 1. The molecule has 118 valence electrons. The van der Waals surface area contributed by atoms with Crippen molar-refractivity contribution in [2.24, 2.45) is 10.4 Å². The number of esters is 1. The van der Waals surface area contributed by atoms with Crippen molar-refractivity contribution in [3.8, 4) is 0 Å².